The molecule has 0 atom stereocenters. The van der Waals surface area contributed by atoms with Gasteiger partial charge in [0, 0.05) is 5.69 Å². The van der Waals surface area contributed by atoms with Gasteiger partial charge in [0.05, 0.1) is 23.1 Å². The second-order valence-electron chi connectivity index (χ2n) is 6.88. The molecular formula is C23H20FN3O3S. The van der Waals surface area contributed by atoms with Crippen LogP contribution in [0.25, 0.3) is 0 Å². The zero-order chi connectivity index (χ0) is 22.4. The van der Waals surface area contributed by atoms with Gasteiger partial charge in [-0.05, 0) is 61.0 Å². The van der Waals surface area contributed by atoms with E-state index in [1.807, 2.05) is 13.0 Å². The SMILES string of the molecule is Cc1ccc(N(CC(=O)Nc2ccc(CC#N)cc2)S(=O)(=O)c2ccc(F)cc2)cc1. The van der Waals surface area contributed by atoms with E-state index >= 15 is 0 Å². The molecule has 1 amide bonds. The van der Waals surface area contributed by atoms with Gasteiger partial charge in [0.15, 0.2) is 0 Å². The average Bonchev–Trinajstić information content (AvgIpc) is 2.75. The fraction of sp³-hybridized carbons (Fsp3) is 0.130. The summed E-state index contributed by atoms with van der Waals surface area (Å²) >= 11 is 0. The molecule has 0 aliphatic heterocycles. The second-order valence-corrected chi connectivity index (χ2v) is 8.74. The normalized spacial score (nSPS) is 10.9. The van der Waals surface area contributed by atoms with E-state index < -0.39 is 28.3 Å². The van der Waals surface area contributed by atoms with E-state index in [1.54, 1.807) is 48.5 Å². The number of nitrogens with one attached hydrogen (secondary N) is 1. The molecule has 3 aromatic rings. The van der Waals surface area contributed by atoms with E-state index in [0.717, 1.165) is 39.7 Å². The molecule has 31 heavy (non-hydrogen) atoms. The zero-order valence-electron chi connectivity index (χ0n) is 16.7. The number of hydrogen-bond donors (Lipinski definition) is 1. The first kappa shape index (κ1) is 22.0. The van der Waals surface area contributed by atoms with Crippen LogP contribution >= 0.6 is 0 Å². The Morgan fingerprint density at radius 2 is 1.61 bits per heavy atom. The highest BCUT2D eigenvalue weighted by Gasteiger charge is 2.27. The van der Waals surface area contributed by atoms with Crippen molar-refractivity contribution >= 4 is 27.3 Å². The Labute approximate surface area is 180 Å². The lowest BCUT2D eigenvalue weighted by Gasteiger charge is -2.24. The topological polar surface area (TPSA) is 90.3 Å². The molecule has 0 aliphatic carbocycles. The van der Waals surface area contributed by atoms with Crippen molar-refractivity contribution in [2.45, 2.75) is 18.2 Å². The highest BCUT2D eigenvalue weighted by Crippen LogP contribution is 2.24. The Kier molecular flexibility index (Phi) is 6.68. The molecule has 0 unspecified atom stereocenters. The predicted molar refractivity (Wildman–Crippen MR) is 116 cm³/mol. The van der Waals surface area contributed by atoms with E-state index in [1.165, 1.54) is 0 Å². The summed E-state index contributed by atoms with van der Waals surface area (Å²) in [6, 6.07) is 19.9. The number of carbonyl (C=O) groups is 1. The third kappa shape index (κ3) is 5.47. The number of anilines is 2. The number of aryl methyl sites for hydroxylation is 1. The van der Waals surface area contributed by atoms with Crippen molar-refractivity contribution in [3.63, 3.8) is 0 Å². The number of nitriles is 1. The fourth-order valence-electron chi connectivity index (χ4n) is 2.89. The van der Waals surface area contributed by atoms with Gasteiger partial charge >= 0.3 is 0 Å². The van der Waals surface area contributed by atoms with Crippen molar-refractivity contribution in [2.75, 3.05) is 16.2 Å². The minimum atomic E-state index is -4.12. The third-order valence-corrected chi connectivity index (χ3v) is 6.32. The number of amides is 1. The Balaban J connectivity index is 1.87. The van der Waals surface area contributed by atoms with Gasteiger partial charge in [0.2, 0.25) is 5.91 Å². The fourth-order valence-corrected chi connectivity index (χ4v) is 4.31. The summed E-state index contributed by atoms with van der Waals surface area (Å²) in [7, 11) is -4.12. The Hall–Kier alpha value is -3.70. The summed E-state index contributed by atoms with van der Waals surface area (Å²) < 4.78 is 40.7. The van der Waals surface area contributed by atoms with Crippen molar-refractivity contribution in [3.8, 4) is 6.07 Å². The van der Waals surface area contributed by atoms with Gasteiger partial charge in [-0.25, -0.2) is 12.8 Å². The molecule has 0 aliphatic rings. The van der Waals surface area contributed by atoms with Gasteiger partial charge < -0.3 is 5.32 Å². The highest BCUT2D eigenvalue weighted by atomic mass is 32.2. The Morgan fingerprint density at radius 1 is 1.00 bits per heavy atom. The van der Waals surface area contributed by atoms with Crippen LogP contribution in [0.4, 0.5) is 15.8 Å². The molecule has 0 spiro atoms. The number of sulfonamides is 1. The summed E-state index contributed by atoms with van der Waals surface area (Å²) in [6.07, 6.45) is 0.255. The smallest absolute Gasteiger partial charge is 0.264 e. The molecular weight excluding hydrogens is 417 g/mol. The van der Waals surface area contributed by atoms with Gasteiger partial charge in [-0.15, -0.1) is 0 Å². The number of halogens is 1. The molecule has 0 heterocycles. The summed E-state index contributed by atoms with van der Waals surface area (Å²) in [5.74, 6) is -1.10. The van der Waals surface area contributed by atoms with Crippen LogP contribution in [0.1, 0.15) is 11.1 Å². The maximum Gasteiger partial charge on any atom is 0.264 e. The van der Waals surface area contributed by atoms with Gasteiger partial charge in [0.1, 0.15) is 12.4 Å². The molecule has 0 bridgehead atoms. The molecule has 1 N–H and O–H groups in total. The number of nitrogens with zero attached hydrogens (tertiary/aromatic N) is 2. The van der Waals surface area contributed by atoms with E-state index in [4.69, 9.17) is 5.26 Å². The molecule has 0 saturated carbocycles. The molecule has 3 rings (SSSR count). The zero-order valence-corrected chi connectivity index (χ0v) is 17.6. The Morgan fingerprint density at radius 3 is 2.19 bits per heavy atom. The predicted octanol–water partition coefficient (Wildman–Crippen LogP) is 4.03. The number of rotatable bonds is 7. The van der Waals surface area contributed by atoms with E-state index in [2.05, 4.69) is 5.32 Å². The number of hydrogen-bond acceptors (Lipinski definition) is 4. The van der Waals surface area contributed by atoms with Crippen molar-refractivity contribution < 1.29 is 17.6 Å². The first-order valence-corrected chi connectivity index (χ1v) is 10.8. The van der Waals surface area contributed by atoms with Crippen molar-refractivity contribution in [1.82, 2.24) is 0 Å². The number of benzene rings is 3. The lowest BCUT2D eigenvalue weighted by molar-refractivity contribution is -0.114. The minimum Gasteiger partial charge on any atom is -0.325 e. The van der Waals surface area contributed by atoms with Crippen molar-refractivity contribution in [3.05, 3.63) is 89.7 Å². The maximum absolute atomic E-state index is 13.3. The quantitative estimate of drug-likeness (QED) is 0.604. The molecule has 6 nitrogen and oxygen atoms in total. The average molecular weight is 437 g/mol. The van der Waals surface area contributed by atoms with Gasteiger partial charge in [-0.2, -0.15) is 5.26 Å². The molecule has 0 fully saturated rings. The van der Waals surface area contributed by atoms with Crippen molar-refractivity contribution in [1.29, 1.82) is 5.26 Å². The Bertz CT molecular complexity index is 1200. The summed E-state index contributed by atoms with van der Waals surface area (Å²) in [5.41, 5.74) is 2.54. The largest absolute Gasteiger partial charge is 0.325 e. The second kappa shape index (κ2) is 9.41. The maximum atomic E-state index is 13.3. The first-order valence-electron chi connectivity index (χ1n) is 9.40. The molecule has 0 radical (unpaired) electrons. The lowest BCUT2D eigenvalue weighted by atomic mass is 10.1. The molecule has 0 aromatic heterocycles. The molecule has 158 valence electrons. The van der Waals surface area contributed by atoms with Crippen LogP contribution in [-0.2, 0) is 21.2 Å². The van der Waals surface area contributed by atoms with Crippen molar-refractivity contribution in [2.24, 2.45) is 0 Å². The van der Waals surface area contributed by atoms with Gasteiger partial charge in [-0.1, -0.05) is 29.8 Å². The molecule has 8 heteroatoms. The molecule has 3 aromatic carbocycles. The minimum absolute atomic E-state index is 0.122. The summed E-state index contributed by atoms with van der Waals surface area (Å²) in [4.78, 5) is 12.6. The van der Waals surface area contributed by atoms with Crippen LogP contribution < -0.4 is 9.62 Å². The third-order valence-electron chi connectivity index (χ3n) is 4.53. The van der Waals surface area contributed by atoms with Crippen LogP contribution in [0.5, 0.6) is 0 Å². The first-order chi connectivity index (χ1) is 14.8. The van der Waals surface area contributed by atoms with Crippen LogP contribution in [0.3, 0.4) is 0 Å². The van der Waals surface area contributed by atoms with Gasteiger partial charge in [0.25, 0.3) is 10.0 Å². The summed E-state index contributed by atoms with van der Waals surface area (Å²) in [6.45, 7) is 1.40. The van der Waals surface area contributed by atoms with Crippen LogP contribution in [0.15, 0.2) is 77.7 Å². The monoisotopic (exact) mass is 437 g/mol. The van der Waals surface area contributed by atoms with Crippen LogP contribution in [0, 0.1) is 24.1 Å². The van der Waals surface area contributed by atoms with Gasteiger partial charge in [-0.3, -0.25) is 9.10 Å². The van der Waals surface area contributed by atoms with E-state index in [9.17, 15) is 17.6 Å². The number of carbonyl (C=O) groups excluding carboxylic acids is 1. The van der Waals surface area contributed by atoms with E-state index in [-0.39, 0.29) is 11.3 Å². The van der Waals surface area contributed by atoms with Crippen LogP contribution in [0.2, 0.25) is 0 Å². The molecule has 0 saturated heterocycles. The standard InChI is InChI=1S/C23H20FN3O3S/c1-17-2-10-21(11-3-17)27(31(29,30)22-12-6-19(24)7-13-22)16-23(28)26-20-8-4-18(5-9-20)14-15-25/h2-13H,14,16H2,1H3,(H,26,28). The van der Waals surface area contributed by atoms with E-state index in [0.29, 0.717) is 11.4 Å². The van der Waals surface area contributed by atoms with Crippen LogP contribution in [-0.4, -0.2) is 20.9 Å². The highest BCUT2D eigenvalue weighted by molar-refractivity contribution is 7.92. The summed E-state index contributed by atoms with van der Waals surface area (Å²) in [5, 5.41) is 11.4. The lowest BCUT2D eigenvalue weighted by Crippen LogP contribution is -2.38.